The zero-order valence-electron chi connectivity index (χ0n) is 7.08. The molecule has 2 N–H and O–H groups in total. The molecule has 11 heavy (non-hydrogen) atoms. The molecular weight excluding hydrogens is 158 g/mol. The lowest BCUT2D eigenvalue weighted by Gasteiger charge is -2.25. The molecule has 1 aliphatic carbocycles. The second kappa shape index (κ2) is 4.21. The molecule has 1 fully saturated rings. The normalized spacial score (nSPS) is 35.1. The number of hydrogen-bond acceptors (Lipinski definition) is 2. The molecule has 0 amide bonds. The van der Waals surface area contributed by atoms with Crippen LogP contribution in [0.4, 0.5) is 0 Å². The summed E-state index contributed by atoms with van der Waals surface area (Å²) in [4.78, 5) is 0. The van der Waals surface area contributed by atoms with Gasteiger partial charge in [0.25, 0.3) is 0 Å². The van der Waals surface area contributed by atoms with Gasteiger partial charge in [0.05, 0.1) is 0 Å². The maximum atomic E-state index is 11.4. The van der Waals surface area contributed by atoms with Crippen molar-refractivity contribution in [2.75, 3.05) is 5.75 Å². The third-order valence-electron chi connectivity index (χ3n) is 2.32. The van der Waals surface area contributed by atoms with Gasteiger partial charge in [-0.2, -0.15) is 0 Å². The van der Waals surface area contributed by atoms with Gasteiger partial charge in [0.2, 0.25) is 0 Å². The van der Waals surface area contributed by atoms with Gasteiger partial charge in [-0.15, -0.1) is 0 Å². The molecule has 1 aliphatic rings. The molecule has 0 aromatic carbocycles. The van der Waals surface area contributed by atoms with Crippen LogP contribution in [0.2, 0.25) is 0 Å². The average molecular weight is 175 g/mol. The summed E-state index contributed by atoms with van der Waals surface area (Å²) < 4.78 is 11.4. The van der Waals surface area contributed by atoms with E-state index < -0.39 is 10.8 Å². The van der Waals surface area contributed by atoms with Crippen LogP contribution < -0.4 is 5.73 Å². The lowest BCUT2D eigenvalue weighted by molar-refractivity contribution is 0.444. The van der Waals surface area contributed by atoms with Gasteiger partial charge in [0.15, 0.2) is 0 Å². The molecule has 0 spiro atoms. The Bertz CT molecular complexity index is 149. The van der Waals surface area contributed by atoms with Gasteiger partial charge in [0, 0.05) is 27.8 Å². The first-order valence-electron chi connectivity index (χ1n) is 4.36. The highest BCUT2D eigenvalue weighted by Crippen LogP contribution is 2.21. The molecule has 0 bridgehead atoms. The summed E-state index contributed by atoms with van der Waals surface area (Å²) in [5, 5.41) is 0.392. The lowest BCUT2D eigenvalue weighted by Crippen LogP contribution is -2.33. The van der Waals surface area contributed by atoms with E-state index in [-0.39, 0.29) is 0 Å². The predicted molar refractivity (Wildman–Crippen MR) is 48.9 cm³/mol. The Labute approximate surface area is 71.0 Å². The standard InChI is InChI=1S/C8H17NOS/c1-2-11(10)8-5-3-4-7(9)6-8/h7-8H,2-6,9H2,1H3/t7-,8-,11-/m0/s1. The molecule has 0 unspecified atom stereocenters. The second-order valence-electron chi connectivity index (χ2n) is 3.22. The second-order valence-corrected chi connectivity index (χ2v) is 5.22. The molecule has 3 atom stereocenters. The zero-order valence-corrected chi connectivity index (χ0v) is 7.90. The smallest absolute Gasteiger partial charge is 0.0362 e. The van der Waals surface area contributed by atoms with Crippen LogP contribution in [-0.4, -0.2) is 21.3 Å². The van der Waals surface area contributed by atoms with E-state index in [2.05, 4.69) is 0 Å². The van der Waals surface area contributed by atoms with Gasteiger partial charge in [-0.3, -0.25) is 4.21 Å². The van der Waals surface area contributed by atoms with Crippen molar-refractivity contribution in [2.24, 2.45) is 5.73 Å². The van der Waals surface area contributed by atoms with Crippen molar-refractivity contribution in [3.05, 3.63) is 0 Å². The van der Waals surface area contributed by atoms with Crippen molar-refractivity contribution in [3.63, 3.8) is 0 Å². The van der Waals surface area contributed by atoms with Crippen LogP contribution in [-0.2, 0) is 10.8 Å². The molecule has 0 heterocycles. The SMILES string of the molecule is CC[S@](=O)[C@H]1CCC[C@H](N)C1. The van der Waals surface area contributed by atoms with Crippen LogP contribution in [0.3, 0.4) is 0 Å². The Balaban J connectivity index is 2.39. The van der Waals surface area contributed by atoms with Crippen LogP contribution >= 0.6 is 0 Å². The zero-order chi connectivity index (χ0) is 8.27. The Morgan fingerprint density at radius 1 is 1.55 bits per heavy atom. The molecule has 66 valence electrons. The van der Waals surface area contributed by atoms with Crippen molar-refractivity contribution in [2.45, 2.75) is 43.9 Å². The average Bonchev–Trinajstić information content (AvgIpc) is 2.03. The first-order valence-corrected chi connectivity index (χ1v) is 5.75. The monoisotopic (exact) mass is 175 g/mol. The van der Waals surface area contributed by atoms with Gasteiger partial charge in [0.1, 0.15) is 0 Å². The molecule has 0 radical (unpaired) electrons. The van der Waals surface area contributed by atoms with E-state index in [4.69, 9.17) is 5.73 Å². The highest BCUT2D eigenvalue weighted by Gasteiger charge is 2.22. The quantitative estimate of drug-likeness (QED) is 0.681. The fraction of sp³-hybridized carbons (Fsp3) is 1.00. The van der Waals surface area contributed by atoms with E-state index in [0.717, 1.165) is 31.4 Å². The Morgan fingerprint density at radius 2 is 2.27 bits per heavy atom. The molecule has 3 heteroatoms. The summed E-state index contributed by atoms with van der Waals surface area (Å²) in [6.07, 6.45) is 4.38. The van der Waals surface area contributed by atoms with Crippen LogP contribution in [0.5, 0.6) is 0 Å². The van der Waals surface area contributed by atoms with E-state index in [1.807, 2.05) is 6.92 Å². The van der Waals surface area contributed by atoms with Gasteiger partial charge in [-0.05, 0) is 19.3 Å². The van der Waals surface area contributed by atoms with Crippen LogP contribution in [0.25, 0.3) is 0 Å². The van der Waals surface area contributed by atoms with Crippen molar-refractivity contribution in [1.82, 2.24) is 0 Å². The molecule has 0 saturated heterocycles. The van der Waals surface area contributed by atoms with Gasteiger partial charge < -0.3 is 5.73 Å². The summed E-state index contributed by atoms with van der Waals surface area (Å²) in [5.41, 5.74) is 5.78. The fourth-order valence-corrected chi connectivity index (χ4v) is 3.02. The third kappa shape index (κ3) is 2.56. The summed E-state index contributed by atoms with van der Waals surface area (Å²) in [5.74, 6) is 0.789. The molecule has 0 aromatic heterocycles. The molecule has 0 aliphatic heterocycles. The maximum absolute atomic E-state index is 11.4. The van der Waals surface area contributed by atoms with E-state index in [9.17, 15) is 4.21 Å². The molecular formula is C8H17NOS. The van der Waals surface area contributed by atoms with E-state index in [1.165, 1.54) is 0 Å². The van der Waals surface area contributed by atoms with Crippen molar-refractivity contribution in [3.8, 4) is 0 Å². The highest BCUT2D eigenvalue weighted by molar-refractivity contribution is 7.85. The first kappa shape index (κ1) is 9.20. The van der Waals surface area contributed by atoms with E-state index in [0.29, 0.717) is 11.3 Å². The van der Waals surface area contributed by atoms with Crippen LogP contribution in [0, 0.1) is 0 Å². The summed E-state index contributed by atoms with van der Waals surface area (Å²) >= 11 is 0. The molecule has 0 aromatic rings. The topological polar surface area (TPSA) is 43.1 Å². The van der Waals surface area contributed by atoms with E-state index >= 15 is 0 Å². The minimum Gasteiger partial charge on any atom is -0.328 e. The maximum Gasteiger partial charge on any atom is 0.0362 e. The van der Waals surface area contributed by atoms with E-state index in [1.54, 1.807) is 0 Å². The molecule has 1 saturated carbocycles. The van der Waals surface area contributed by atoms with Gasteiger partial charge in [-0.1, -0.05) is 13.3 Å². The summed E-state index contributed by atoms with van der Waals surface area (Å²) in [6, 6.07) is 0.309. The summed E-state index contributed by atoms with van der Waals surface area (Å²) in [6.45, 7) is 1.98. The fourth-order valence-electron chi connectivity index (χ4n) is 1.66. The van der Waals surface area contributed by atoms with Crippen LogP contribution in [0.1, 0.15) is 32.6 Å². The number of hydrogen-bond donors (Lipinski definition) is 1. The number of nitrogens with two attached hydrogens (primary N) is 1. The molecule has 1 rings (SSSR count). The Hall–Kier alpha value is 0.110. The minimum atomic E-state index is -0.614. The first-order chi connectivity index (χ1) is 5.24. The third-order valence-corrected chi connectivity index (χ3v) is 4.06. The van der Waals surface area contributed by atoms with Gasteiger partial charge >= 0.3 is 0 Å². The minimum absolute atomic E-state index is 0.309. The van der Waals surface area contributed by atoms with Gasteiger partial charge in [-0.25, -0.2) is 0 Å². The predicted octanol–water partition coefficient (Wildman–Crippen LogP) is 1.02. The molecule has 2 nitrogen and oxygen atoms in total. The summed E-state index contributed by atoms with van der Waals surface area (Å²) in [7, 11) is -0.614. The number of rotatable bonds is 2. The highest BCUT2D eigenvalue weighted by atomic mass is 32.2. The van der Waals surface area contributed by atoms with Crippen molar-refractivity contribution >= 4 is 10.8 Å². The lowest BCUT2D eigenvalue weighted by atomic mass is 9.96. The van der Waals surface area contributed by atoms with Crippen LogP contribution in [0.15, 0.2) is 0 Å². The Morgan fingerprint density at radius 3 is 2.82 bits per heavy atom. The van der Waals surface area contributed by atoms with Crippen molar-refractivity contribution in [1.29, 1.82) is 0 Å². The Kier molecular flexibility index (Phi) is 3.52. The van der Waals surface area contributed by atoms with Crippen molar-refractivity contribution < 1.29 is 4.21 Å². The largest absolute Gasteiger partial charge is 0.328 e.